The van der Waals surface area contributed by atoms with E-state index in [9.17, 15) is 13.2 Å². The van der Waals surface area contributed by atoms with Crippen LogP contribution in [0.3, 0.4) is 0 Å². The summed E-state index contributed by atoms with van der Waals surface area (Å²) in [5, 5.41) is 11.2. The second-order valence-electron chi connectivity index (χ2n) is 6.83. The molecule has 0 aliphatic heterocycles. The number of methoxy groups -OCH3 is 1. The van der Waals surface area contributed by atoms with Gasteiger partial charge in [-0.1, -0.05) is 25.9 Å². The van der Waals surface area contributed by atoms with Crippen molar-refractivity contribution in [1.82, 2.24) is 0 Å². The molecule has 0 heterocycles. The lowest BCUT2D eigenvalue weighted by atomic mass is 9.83. The van der Waals surface area contributed by atoms with E-state index in [2.05, 4.69) is 5.16 Å². The smallest absolute Gasteiger partial charge is 0.437 e. The summed E-state index contributed by atoms with van der Waals surface area (Å²) in [6, 6.07) is 3.98. The third kappa shape index (κ3) is 4.97. The third-order valence-electron chi connectivity index (χ3n) is 3.35. The Hall–Kier alpha value is -1.54. The number of ether oxygens (including phenoxy) is 1. The summed E-state index contributed by atoms with van der Waals surface area (Å²) in [4.78, 5) is 0. The van der Waals surface area contributed by atoms with Crippen molar-refractivity contribution in [3.63, 3.8) is 0 Å². The maximum atomic E-state index is 13.0. The average molecular weight is 363 g/mol. The number of hydrogen-bond donors (Lipinski definition) is 1. The molecular formula is C16H24F3NO3Si. The topological polar surface area (TPSA) is 51.0 Å². The molecular weight excluding hydrogens is 339 g/mol. The average Bonchev–Trinajstić information content (AvgIpc) is 2.42. The van der Waals surface area contributed by atoms with Crippen LogP contribution in [0.2, 0.25) is 13.1 Å². The van der Waals surface area contributed by atoms with Crippen molar-refractivity contribution in [3.8, 4) is 5.75 Å². The van der Waals surface area contributed by atoms with E-state index in [1.54, 1.807) is 0 Å². The van der Waals surface area contributed by atoms with E-state index in [0.717, 1.165) is 0 Å². The van der Waals surface area contributed by atoms with Crippen LogP contribution in [0.25, 0.3) is 0 Å². The number of benzene rings is 1. The Morgan fingerprint density at radius 1 is 1.21 bits per heavy atom. The monoisotopic (exact) mass is 363 g/mol. The number of alkyl halides is 3. The standard InChI is InChI=1S/C16H24F3NO3Si/c1-15(2,3)14(23-24(5)6)11-9-10(7-8-12(11)22-4)13(20-21)16(17,18)19/h7-9,14,21,24H,1-6H3. The van der Waals surface area contributed by atoms with Crippen LogP contribution >= 0.6 is 0 Å². The van der Waals surface area contributed by atoms with Gasteiger partial charge in [-0.05, 0) is 36.7 Å². The first-order chi connectivity index (χ1) is 10.9. The van der Waals surface area contributed by atoms with Crippen LogP contribution in [0, 0.1) is 5.41 Å². The molecule has 0 spiro atoms. The summed E-state index contributed by atoms with van der Waals surface area (Å²) >= 11 is 0. The minimum absolute atomic E-state index is 0.232. The molecule has 0 amide bonds. The van der Waals surface area contributed by atoms with E-state index >= 15 is 0 Å². The van der Waals surface area contributed by atoms with Gasteiger partial charge in [0.25, 0.3) is 0 Å². The molecule has 0 radical (unpaired) electrons. The molecule has 0 fully saturated rings. The van der Waals surface area contributed by atoms with Gasteiger partial charge in [0.05, 0.1) is 13.2 Å². The Balaban J connectivity index is 3.52. The Kier molecular flexibility index (Phi) is 6.46. The highest BCUT2D eigenvalue weighted by molar-refractivity contribution is 6.48. The summed E-state index contributed by atoms with van der Waals surface area (Å²) in [6.07, 6.45) is -5.20. The third-order valence-corrected chi connectivity index (χ3v) is 4.17. The van der Waals surface area contributed by atoms with Gasteiger partial charge in [-0.25, -0.2) is 0 Å². The SMILES string of the molecule is COc1ccc(C(=NO)C(F)(F)F)cc1C(O[SiH](C)C)C(C)(C)C. The first-order valence-corrected chi connectivity index (χ1v) is 10.3. The lowest BCUT2D eigenvalue weighted by Gasteiger charge is -2.34. The van der Waals surface area contributed by atoms with E-state index in [-0.39, 0.29) is 11.0 Å². The lowest BCUT2D eigenvalue weighted by Crippen LogP contribution is -2.28. The van der Waals surface area contributed by atoms with Crippen molar-refractivity contribution in [2.75, 3.05) is 7.11 Å². The van der Waals surface area contributed by atoms with Crippen molar-refractivity contribution in [3.05, 3.63) is 29.3 Å². The van der Waals surface area contributed by atoms with Crippen molar-refractivity contribution >= 4 is 14.8 Å². The highest BCUT2D eigenvalue weighted by Gasteiger charge is 2.39. The molecule has 0 aromatic heterocycles. The van der Waals surface area contributed by atoms with Crippen LogP contribution < -0.4 is 4.74 Å². The summed E-state index contributed by atoms with van der Waals surface area (Å²) in [5.74, 6) is 0.438. The zero-order valence-corrected chi connectivity index (χ0v) is 15.9. The first kappa shape index (κ1) is 20.5. The molecule has 0 bridgehead atoms. The highest BCUT2D eigenvalue weighted by atomic mass is 28.3. The highest BCUT2D eigenvalue weighted by Crippen LogP contribution is 2.41. The number of hydrogen-bond acceptors (Lipinski definition) is 4. The molecule has 1 aromatic carbocycles. The van der Waals surface area contributed by atoms with Gasteiger partial charge in [0.15, 0.2) is 14.8 Å². The van der Waals surface area contributed by atoms with Gasteiger partial charge in [0.2, 0.25) is 0 Å². The van der Waals surface area contributed by atoms with Crippen molar-refractivity contribution < 1.29 is 27.5 Å². The predicted octanol–water partition coefficient (Wildman–Crippen LogP) is 4.52. The van der Waals surface area contributed by atoms with Gasteiger partial charge in [0.1, 0.15) is 5.75 Å². The fourth-order valence-electron chi connectivity index (χ4n) is 2.38. The first-order valence-electron chi connectivity index (χ1n) is 7.54. The summed E-state index contributed by atoms with van der Waals surface area (Å²) in [5.41, 5.74) is -1.42. The second kappa shape index (κ2) is 7.56. The van der Waals surface area contributed by atoms with Crippen molar-refractivity contribution in [2.24, 2.45) is 10.6 Å². The fraction of sp³-hybridized carbons (Fsp3) is 0.562. The maximum Gasteiger partial charge on any atom is 0.437 e. The van der Waals surface area contributed by atoms with Crippen molar-refractivity contribution in [1.29, 1.82) is 0 Å². The molecule has 0 aliphatic rings. The minimum Gasteiger partial charge on any atom is -0.496 e. The van der Waals surface area contributed by atoms with Gasteiger partial charge in [-0.15, -0.1) is 0 Å². The normalized spacial score (nSPS) is 14.8. The molecule has 1 N–H and O–H groups in total. The molecule has 1 unspecified atom stereocenters. The Labute approximate surface area is 142 Å². The molecule has 136 valence electrons. The number of nitrogens with zero attached hydrogens (tertiary/aromatic N) is 1. The molecule has 1 aromatic rings. The Morgan fingerprint density at radius 2 is 1.79 bits per heavy atom. The molecule has 24 heavy (non-hydrogen) atoms. The number of halogens is 3. The zero-order chi connectivity index (χ0) is 18.7. The lowest BCUT2D eigenvalue weighted by molar-refractivity contribution is -0.0601. The molecule has 0 saturated carbocycles. The van der Waals surface area contributed by atoms with E-state index in [4.69, 9.17) is 14.4 Å². The van der Waals surface area contributed by atoms with Gasteiger partial charge >= 0.3 is 6.18 Å². The van der Waals surface area contributed by atoms with Crippen molar-refractivity contribution in [2.45, 2.75) is 46.1 Å². The van der Waals surface area contributed by atoms with Crippen LogP contribution in [0.15, 0.2) is 23.4 Å². The molecule has 1 rings (SSSR count). The number of rotatable bonds is 5. The maximum absolute atomic E-state index is 13.0. The second-order valence-corrected chi connectivity index (χ2v) is 9.20. The van der Waals surface area contributed by atoms with Crippen LogP contribution in [-0.4, -0.2) is 33.2 Å². The van der Waals surface area contributed by atoms with E-state index in [1.807, 2.05) is 33.9 Å². The Morgan fingerprint density at radius 3 is 2.17 bits per heavy atom. The molecule has 1 atom stereocenters. The summed E-state index contributed by atoms with van der Waals surface area (Å²) in [6.45, 7) is 9.83. The van der Waals surface area contributed by atoms with Gasteiger partial charge in [-0.3, -0.25) is 0 Å². The quantitative estimate of drug-likeness (QED) is 0.362. The van der Waals surface area contributed by atoms with Gasteiger partial charge in [-0.2, -0.15) is 13.2 Å². The molecule has 8 heteroatoms. The fourth-order valence-corrected chi connectivity index (χ4v) is 3.48. The number of oxime groups is 1. The Bertz CT molecular complexity index is 595. The van der Waals surface area contributed by atoms with Gasteiger partial charge in [0, 0.05) is 11.1 Å². The summed E-state index contributed by atoms with van der Waals surface area (Å²) < 4.78 is 50.4. The van der Waals surface area contributed by atoms with Crippen LogP contribution in [0.4, 0.5) is 13.2 Å². The van der Waals surface area contributed by atoms with Crippen LogP contribution in [0.1, 0.15) is 38.0 Å². The predicted molar refractivity (Wildman–Crippen MR) is 89.5 cm³/mol. The van der Waals surface area contributed by atoms with Gasteiger partial charge < -0.3 is 14.4 Å². The van der Waals surface area contributed by atoms with Crippen LogP contribution in [-0.2, 0) is 4.43 Å². The molecule has 4 nitrogen and oxygen atoms in total. The summed E-state index contributed by atoms with van der Waals surface area (Å²) in [7, 11) is -0.0139. The van der Waals surface area contributed by atoms with Crippen LogP contribution in [0.5, 0.6) is 5.75 Å². The molecule has 0 saturated heterocycles. The molecule has 0 aliphatic carbocycles. The zero-order valence-electron chi connectivity index (χ0n) is 14.7. The minimum atomic E-state index is -4.76. The van der Waals surface area contributed by atoms with E-state index in [0.29, 0.717) is 11.3 Å². The van der Waals surface area contributed by atoms with E-state index in [1.165, 1.54) is 25.3 Å². The van der Waals surface area contributed by atoms with E-state index < -0.39 is 27.0 Å². The largest absolute Gasteiger partial charge is 0.496 e.